The van der Waals surface area contributed by atoms with Crippen molar-refractivity contribution in [2.75, 3.05) is 13.1 Å². The van der Waals surface area contributed by atoms with Gasteiger partial charge in [-0.25, -0.2) is 0 Å². The van der Waals surface area contributed by atoms with E-state index in [4.69, 9.17) is 10.2 Å². The van der Waals surface area contributed by atoms with Crippen molar-refractivity contribution < 1.29 is 29.4 Å². The fraction of sp³-hybridized carbons (Fsp3) is 0.714. The normalized spacial score (nSPS) is 12.0. The van der Waals surface area contributed by atoms with Crippen LogP contribution < -0.4 is 10.6 Å². The highest BCUT2D eigenvalue weighted by Crippen LogP contribution is 2.16. The van der Waals surface area contributed by atoms with Crippen LogP contribution in [0, 0.1) is 0 Å². The van der Waals surface area contributed by atoms with Crippen molar-refractivity contribution in [2.24, 2.45) is 10.2 Å². The Hall–Kier alpha value is -2.52. The summed E-state index contributed by atoms with van der Waals surface area (Å²) in [5.74, 6) is -3.10. The van der Waals surface area contributed by atoms with Crippen LogP contribution in [0.1, 0.15) is 40.5 Å². The second-order valence-electron chi connectivity index (χ2n) is 6.12. The van der Waals surface area contributed by atoms with Crippen LogP contribution in [0.2, 0.25) is 0 Å². The Labute approximate surface area is 139 Å². The van der Waals surface area contributed by atoms with E-state index in [1.807, 2.05) is 0 Å². The van der Waals surface area contributed by atoms with Crippen molar-refractivity contribution in [3.8, 4) is 0 Å². The number of nitrogens with zero attached hydrogens (tertiary/aromatic N) is 2. The molecule has 0 aliphatic rings. The van der Waals surface area contributed by atoms with Gasteiger partial charge in [-0.3, -0.25) is 19.2 Å². The molecule has 136 valence electrons. The van der Waals surface area contributed by atoms with E-state index in [0.29, 0.717) is 0 Å². The molecule has 24 heavy (non-hydrogen) atoms. The summed E-state index contributed by atoms with van der Waals surface area (Å²) in [4.78, 5) is 44.7. The van der Waals surface area contributed by atoms with Gasteiger partial charge in [-0.15, -0.1) is 0 Å². The van der Waals surface area contributed by atoms with Crippen LogP contribution in [0.3, 0.4) is 0 Å². The number of carboxylic acid groups (broad SMARTS) is 2. The van der Waals surface area contributed by atoms with Gasteiger partial charge in [-0.05, 0) is 27.7 Å². The largest absolute Gasteiger partial charge is 0.481 e. The summed E-state index contributed by atoms with van der Waals surface area (Å²) < 4.78 is 0. The van der Waals surface area contributed by atoms with Crippen molar-refractivity contribution in [3.63, 3.8) is 0 Å². The Bertz CT molecular complexity index is 481. The van der Waals surface area contributed by atoms with Crippen molar-refractivity contribution in [1.29, 1.82) is 0 Å². The van der Waals surface area contributed by atoms with E-state index in [0.717, 1.165) is 0 Å². The van der Waals surface area contributed by atoms with Gasteiger partial charge in [0.25, 0.3) is 0 Å². The second-order valence-corrected chi connectivity index (χ2v) is 6.12. The van der Waals surface area contributed by atoms with E-state index in [-0.39, 0.29) is 25.9 Å². The summed E-state index contributed by atoms with van der Waals surface area (Å²) >= 11 is 0. The Morgan fingerprint density at radius 1 is 0.750 bits per heavy atom. The summed E-state index contributed by atoms with van der Waals surface area (Å²) in [5, 5.41) is 29.7. The minimum Gasteiger partial charge on any atom is -0.481 e. The fourth-order valence-electron chi connectivity index (χ4n) is 1.34. The maximum atomic E-state index is 12.0. The van der Waals surface area contributed by atoms with Gasteiger partial charge < -0.3 is 20.8 Å². The number of azo groups is 1. The predicted molar refractivity (Wildman–Crippen MR) is 83.5 cm³/mol. The molecule has 10 heteroatoms. The lowest BCUT2D eigenvalue weighted by Crippen LogP contribution is -2.44. The molecule has 0 aliphatic carbocycles. The van der Waals surface area contributed by atoms with E-state index in [1.165, 1.54) is 27.7 Å². The summed E-state index contributed by atoms with van der Waals surface area (Å²) in [6.45, 7) is 5.84. The van der Waals surface area contributed by atoms with Gasteiger partial charge in [0, 0.05) is 13.1 Å². The first-order valence-corrected chi connectivity index (χ1v) is 7.33. The highest BCUT2D eigenvalue weighted by molar-refractivity contribution is 5.87. The van der Waals surface area contributed by atoms with Crippen LogP contribution in [-0.4, -0.2) is 58.1 Å². The lowest BCUT2D eigenvalue weighted by molar-refractivity contribution is -0.138. The van der Waals surface area contributed by atoms with Gasteiger partial charge in [-0.1, -0.05) is 0 Å². The summed E-state index contributed by atoms with van der Waals surface area (Å²) in [5.41, 5.74) is -2.56. The molecule has 0 heterocycles. The quantitative estimate of drug-likeness (QED) is 0.414. The Morgan fingerprint density at radius 2 is 1.04 bits per heavy atom. The number of amides is 2. The Balaban J connectivity index is 4.68. The first-order valence-electron chi connectivity index (χ1n) is 7.33. The van der Waals surface area contributed by atoms with Crippen molar-refractivity contribution in [2.45, 2.75) is 51.6 Å². The molecule has 0 fully saturated rings. The molecule has 0 unspecified atom stereocenters. The van der Waals surface area contributed by atoms with Gasteiger partial charge in [0.1, 0.15) is 0 Å². The molecular weight excluding hydrogens is 320 g/mol. The fourth-order valence-corrected chi connectivity index (χ4v) is 1.34. The molecule has 2 amide bonds. The van der Waals surface area contributed by atoms with E-state index >= 15 is 0 Å². The molecule has 0 aliphatic heterocycles. The molecule has 10 nitrogen and oxygen atoms in total. The van der Waals surface area contributed by atoms with E-state index < -0.39 is 34.8 Å². The van der Waals surface area contributed by atoms with Crippen LogP contribution >= 0.6 is 0 Å². The summed E-state index contributed by atoms with van der Waals surface area (Å²) in [6, 6.07) is 0. The molecule has 0 radical (unpaired) electrons. The van der Waals surface area contributed by atoms with Gasteiger partial charge in [0.15, 0.2) is 11.1 Å². The van der Waals surface area contributed by atoms with Gasteiger partial charge >= 0.3 is 11.9 Å². The first-order chi connectivity index (χ1) is 10.9. The molecule has 0 atom stereocenters. The molecule has 0 aromatic rings. The molecule has 0 bridgehead atoms. The summed E-state index contributed by atoms with van der Waals surface area (Å²) in [6.07, 6.45) is -0.424. The molecule has 4 N–H and O–H groups in total. The van der Waals surface area contributed by atoms with E-state index in [1.54, 1.807) is 0 Å². The lowest BCUT2D eigenvalue weighted by atomic mass is 10.0. The molecule has 0 spiro atoms. The van der Waals surface area contributed by atoms with Crippen LogP contribution in [0.15, 0.2) is 10.2 Å². The second kappa shape index (κ2) is 8.94. The molecule has 0 rings (SSSR count). The highest BCUT2D eigenvalue weighted by Gasteiger charge is 2.32. The SMILES string of the molecule is CC(C)(N=NC(C)(C)C(=O)NCCC(=O)O)C(=O)NCCC(=O)O. The number of carbonyl (C=O) groups is 4. The van der Waals surface area contributed by atoms with Gasteiger partial charge in [0.05, 0.1) is 12.8 Å². The van der Waals surface area contributed by atoms with Crippen LogP contribution in [0.4, 0.5) is 0 Å². The molecule has 0 aromatic carbocycles. The van der Waals surface area contributed by atoms with Gasteiger partial charge in [-0.2, -0.15) is 10.2 Å². The van der Waals surface area contributed by atoms with Crippen LogP contribution in [0.25, 0.3) is 0 Å². The monoisotopic (exact) mass is 344 g/mol. The third-order valence-electron chi connectivity index (χ3n) is 2.91. The zero-order chi connectivity index (χ0) is 19.0. The molecular formula is C14H24N4O6. The average molecular weight is 344 g/mol. The maximum absolute atomic E-state index is 12.0. The van der Waals surface area contributed by atoms with Gasteiger partial charge in [0.2, 0.25) is 11.8 Å². The Kier molecular flexibility index (Phi) is 8.00. The minimum absolute atomic E-state index is 0.0355. The minimum atomic E-state index is -1.28. The number of hydrogen-bond acceptors (Lipinski definition) is 6. The number of rotatable bonds is 10. The van der Waals surface area contributed by atoms with Crippen molar-refractivity contribution in [3.05, 3.63) is 0 Å². The number of carbonyl (C=O) groups excluding carboxylic acids is 2. The molecule has 0 aromatic heterocycles. The predicted octanol–water partition coefficient (Wildman–Crippen LogP) is 0.178. The summed E-state index contributed by atoms with van der Waals surface area (Å²) in [7, 11) is 0. The molecule has 0 saturated carbocycles. The lowest BCUT2D eigenvalue weighted by Gasteiger charge is -2.22. The van der Waals surface area contributed by atoms with E-state index in [9.17, 15) is 19.2 Å². The number of carboxylic acids is 2. The number of nitrogens with one attached hydrogen (secondary N) is 2. The maximum Gasteiger partial charge on any atom is 0.305 e. The molecule has 0 saturated heterocycles. The third-order valence-corrected chi connectivity index (χ3v) is 2.91. The topological polar surface area (TPSA) is 158 Å². The Morgan fingerprint density at radius 3 is 1.29 bits per heavy atom. The highest BCUT2D eigenvalue weighted by atomic mass is 16.4. The van der Waals surface area contributed by atoms with Crippen molar-refractivity contribution in [1.82, 2.24) is 10.6 Å². The number of hydrogen-bond donors (Lipinski definition) is 4. The zero-order valence-electron chi connectivity index (χ0n) is 14.3. The van der Waals surface area contributed by atoms with Crippen molar-refractivity contribution >= 4 is 23.8 Å². The number of aliphatic carboxylic acids is 2. The van der Waals surface area contributed by atoms with E-state index in [2.05, 4.69) is 20.9 Å². The van der Waals surface area contributed by atoms with Crippen LogP contribution in [-0.2, 0) is 19.2 Å². The third kappa shape index (κ3) is 8.20. The smallest absolute Gasteiger partial charge is 0.305 e. The van der Waals surface area contributed by atoms with Crippen LogP contribution in [0.5, 0.6) is 0 Å². The average Bonchev–Trinajstić information content (AvgIpc) is 2.44. The standard InChI is InChI=1S/C14H24N4O6/c1-13(2,11(23)15-7-5-9(19)20)17-18-14(3,4)12(24)16-8-6-10(21)22/h5-8H2,1-4H3,(H,15,23)(H,16,24)(H,19,20)(H,21,22). The zero-order valence-corrected chi connectivity index (χ0v) is 14.3. The first kappa shape index (κ1) is 21.5.